The first-order valence-electron chi connectivity index (χ1n) is 6.24. The molecule has 1 aromatic carbocycles. The van der Waals surface area contributed by atoms with Gasteiger partial charge in [-0.25, -0.2) is 4.98 Å². The van der Waals surface area contributed by atoms with Crippen molar-refractivity contribution in [2.75, 3.05) is 5.32 Å². The van der Waals surface area contributed by atoms with Crippen LogP contribution in [0, 0.1) is 5.92 Å². The molecule has 0 aliphatic heterocycles. The highest BCUT2D eigenvalue weighted by atomic mass is 32.2. The van der Waals surface area contributed by atoms with Crippen molar-refractivity contribution in [3.05, 3.63) is 41.4 Å². The quantitative estimate of drug-likeness (QED) is 0.852. The van der Waals surface area contributed by atoms with Gasteiger partial charge in [0.2, 0.25) is 5.91 Å². The molecule has 3 nitrogen and oxygen atoms in total. The van der Waals surface area contributed by atoms with Crippen molar-refractivity contribution in [2.45, 2.75) is 23.5 Å². The molecule has 98 valence electrons. The average molecular weight is 290 g/mol. The molecule has 19 heavy (non-hydrogen) atoms. The minimum atomic E-state index is 0.122. The number of amides is 1. The first kappa shape index (κ1) is 12.7. The predicted molar refractivity (Wildman–Crippen MR) is 79.5 cm³/mol. The lowest BCUT2D eigenvalue weighted by Crippen LogP contribution is -2.12. The zero-order valence-corrected chi connectivity index (χ0v) is 12.0. The average Bonchev–Trinajstić information content (AvgIpc) is 3.20. The molecule has 1 saturated carbocycles. The molecule has 0 radical (unpaired) electrons. The Bertz CT molecular complexity index is 564. The van der Waals surface area contributed by atoms with E-state index in [1.165, 1.54) is 16.2 Å². The molecule has 1 amide bonds. The monoisotopic (exact) mass is 290 g/mol. The van der Waals surface area contributed by atoms with Crippen molar-refractivity contribution in [1.29, 1.82) is 0 Å². The lowest BCUT2D eigenvalue weighted by Gasteiger charge is -1.99. The number of aromatic nitrogens is 1. The number of hydrogen-bond acceptors (Lipinski definition) is 4. The third kappa shape index (κ3) is 3.58. The highest BCUT2D eigenvalue weighted by Gasteiger charge is 2.30. The molecular weight excluding hydrogens is 276 g/mol. The van der Waals surface area contributed by atoms with Gasteiger partial charge in [-0.15, -0.1) is 23.1 Å². The minimum Gasteiger partial charge on any atom is -0.302 e. The topological polar surface area (TPSA) is 42.0 Å². The smallest absolute Gasteiger partial charge is 0.229 e. The van der Waals surface area contributed by atoms with Gasteiger partial charge in [-0.3, -0.25) is 4.79 Å². The van der Waals surface area contributed by atoms with Crippen molar-refractivity contribution in [2.24, 2.45) is 5.92 Å². The van der Waals surface area contributed by atoms with E-state index in [9.17, 15) is 4.79 Å². The second-order valence-electron chi connectivity index (χ2n) is 4.51. The van der Waals surface area contributed by atoms with Crippen molar-refractivity contribution in [1.82, 2.24) is 4.98 Å². The Labute approximate surface area is 120 Å². The summed E-state index contributed by atoms with van der Waals surface area (Å²) >= 11 is 3.26. The second kappa shape index (κ2) is 5.75. The zero-order valence-electron chi connectivity index (χ0n) is 10.3. The van der Waals surface area contributed by atoms with Crippen molar-refractivity contribution in [3.8, 4) is 0 Å². The Morgan fingerprint density at radius 2 is 2.16 bits per heavy atom. The highest BCUT2D eigenvalue weighted by Crippen LogP contribution is 2.31. The first-order valence-corrected chi connectivity index (χ1v) is 8.11. The number of thioether (sulfide) groups is 1. The van der Waals surface area contributed by atoms with Gasteiger partial charge in [0.1, 0.15) is 0 Å². The molecule has 0 bridgehead atoms. The lowest BCUT2D eigenvalue weighted by atomic mass is 10.4. The molecule has 1 aliphatic rings. The van der Waals surface area contributed by atoms with Gasteiger partial charge in [-0.05, 0) is 25.0 Å². The molecule has 1 N–H and O–H groups in total. The van der Waals surface area contributed by atoms with Gasteiger partial charge in [0.05, 0.1) is 5.69 Å². The number of benzene rings is 1. The van der Waals surface area contributed by atoms with Crippen LogP contribution in [0.3, 0.4) is 0 Å². The summed E-state index contributed by atoms with van der Waals surface area (Å²) in [5, 5.41) is 5.62. The van der Waals surface area contributed by atoms with Gasteiger partial charge in [0, 0.05) is 21.9 Å². The van der Waals surface area contributed by atoms with Crippen LogP contribution in [0.5, 0.6) is 0 Å². The minimum absolute atomic E-state index is 0.122. The van der Waals surface area contributed by atoms with E-state index in [0.717, 1.165) is 29.4 Å². The van der Waals surface area contributed by atoms with E-state index in [4.69, 9.17) is 0 Å². The maximum absolute atomic E-state index is 11.6. The molecule has 5 heteroatoms. The third-order valence-corrected chi connectivity index (χ3v) is 4.71. The van der Waals surface area contributed by atoms with Crippen molar-refractivity contribution < 1.29 is 4.79 Å². The Morgan fingerprint density at radius 1 is 1.37 bits per heavy atom. The van der Waals surface area contributed by atoms with Crippen LogP contribution < -0.4 is 5.32 Å². The van der Waals surface area contributed by atoms with E-state index in [1.54, 1.807) is 11.8 Å². The van der Waals surface area contributed by atoms with Crippen LogP contribution in [0.15, 0.2) is 40.6 Å². The molecule has 1 aromatic heterocycles. The Morgan fingerprint density at radius 3 is 2.89 bits per heavy atom. The Hall–Kier alpha value is -1.33. The van der Waals surface area contributed by atoms with E-state index in [0.29, 0.717) is 0 Å². The van der Waals surface area contributed by atoms with E-state index in [1.807, 2.05) is 23.6 Å². The standard InChI is InChI=1S/C14H14N2OS2/c17-13(10-6-7-10)16-14-15-11(9-19-14)8-18-12-4-2-1-3-5-12/h1-5,9-10H,6-8H2,(H,15,16,17). The normalized spacial score (nSPS) is 14.3. The summed E-state index contributed by atoms with van der Waals surface area (Å²) in [7, 11) is 0. The lowest BCUT2D eigenvalue weighted by molar-refractivity contribution is -0.117. The largest absolute Gasteiger partial charge is 0.302 e. The number of anilines is 1. The third-order valence-electron chi connectivity index (χ3n) is 2.86. The Kier molecular flexibility index (Phi) is 3.84. The Balaban J connectivity index is 1.54. The number of hydrogen-bond donors (Lipinski definition) is 1. The van der Waals surface area contributed by atoms with Gasteiger partial charge >= 0.3 is 0 Å². The number of thiazole rings is 1. The summed E-state index contributed by atoms with van der Waals surface area (Å²) in [6, 6.07) is 10.3. The summed E-state index contributed by atoms with van der Waals surface area (Å²) in [4.78, 5) is 17.3. The van der Waals surface area contributed by atoms with Crippen LogP contribution >= 0.6 is 23.1 Å². The maximum atomic E-state index is 11.6. The van der Waals surface area contributed by atoms with Crippen LogP contribution in [0.25, 0.3) is 0 Å². The van der Waals surface area contributed by atoms with E-state index >= 15 is 0 Å². The maximum Gasteiger partial charge on any atom is 0.229 e. The number of carbonyl (C=O) groups is 1. The van der Waals surface area contributed by atoms with Crippen molar-refractivity contribution in [3.63, 3.8) is 0 Å². The van der Waals surface area contributed by atoms with Gasteiger partial charge in [-0.2, -0.15) is 0 Å². The molecule has 0 unspecified atom stereocenters. The first-order chi connectivity index (χ1) is 9.31. The van der Waals surface area contributed by atoms with Gasteiger partial charge in [0.25, 0.3) is 0 Å². The van der Waals surface area contributed by atoms with E-state index < -0.39 is 0 Å². The van der Waals surface area contributed by atoms with Crippen LogP contribution in [0.4, 0.5) is 5.13 Å². The fraction of sp³-hybridized carbons (Fsp3) is 0.286. The predicted octanol–water partition coefficient (Wildman–Crippen LogP) is 3.78. The highest BCUT2D eigenvalue weighted by molar-refractivity contribution is 7.98. The number of nitrogens with one attached hydrogen (secondary N) is 1. The van der Waals surface area contributed by atoms with Crippen LogP contribution in [0.2, 0.25) is 0 Å². The summed E-state index contributed by atoms with van der Waals surface area (Å²) in [5.41, 5.74) is 1.02. The van der Waals surface area contributed by atoms with E-state index in [2.05, 4.69) is 22.4 Å². The van der Waals surface area contributed by atoms with Gasteiger partial charge in [0.15, 0.2) is 5.13 Å². The summed E-state index contributed by atoms with van der Waals surface area (Å²) in [6.45, 7) is 0. The SMILES string of the molecule is O=C(Nc1nc(CSc2ccccc2)cs1)C1CC1. The molecule has 1 aliphatic carbocycles. The van der Waals surface area contributed by atoms with Gasteiger partial charge in [-0.1, -0.05) is 18.2 Å². The zero-order chi connectivity index (χ0) is 13.1. The van der Waals surface area contributed by atoms with Crippen LogP contribution in [0.1, 0.15) is 18.5 Å². The fourth-order valence-electron chi connectivity index (χ4n) is 1.66. The van der Waals surface area contributed by atoms with Crippen LogP contribution in [-0.4, -0.2) is 10.9 Å². The molecule has 3 rings (SSSR count). The van der Waals surface area contributed by atoms with Crippen molar-refractivity contribution >= 4 is 34.1 Å². The number of carbonyl (C=O) groups excluding carboxylic acids is 1. The summed E-state index contributed by atoms with van der Waals surface area (Å²) in [5.74, 6) is 1.18. The summed E-state index contributed by atoms with van der Waals surface area (Å²) < 4.78 is 0. The molecule has 0 saturated heterocycles. The molecule has 1 fully saturated rings. The molecule has 2 aromatic rings. The molecule has 0 atom stereocenters. The molecule has 0 spiro atoms. The van der Waals surface area contributed by atoms with E-state index in [-0.39, 0.29) is 11.8 Å². The molecular formula is C14H14N2OS2. The van der Waals surface area contributed by atoms with Gasteiger partial charge < -0.3 is 5.32 Å². The summed E-state index contributed by atoms with van der Waals surface area (Å²) in [6.07, 6.45) is 2.04. The fourth-order valence-corrected chi connectivity index (χ4v) is 3.29. The number of rotatable bonds is 5. The second-order valence-corrected chi connectivity index (χ2v) is 6.42. The van der Waals surface area contributed by atoms with Crippen LogP contribution in [-0.2, 0) is 10.5 Å². The molecule has 1 heterocycles. The number of nitrogens with zero attached hydrogens (tertiary/aromatic N) is 1.